The minimum atomic E-state index is -0.0624. The first-order chi connectivity index (χ1) is 10.7. The van der Waals surface area contributed by atoms with E-state index in [0.29, 0.717) is 13.2 Å². The number of nitrogens with zero attached hydrogens (tertiary/aromatic N) is 2. The molecule has 0 amide bonds. The Labute approximate surface area is 130 Å². The maximum absolute atomic E-state index is 12.1. The largest absolute Gasteiger partial charge is 0.494 e. The van der Waals surface area contributed by atoms with Gasteiger partial charge in [-0.25, -0.2) is 4.68 Å². The van der Waals surface area contributed by atoms with Crippen molar-refractivity contribution in [1.29, 1.82) is 0 Å². The number of hydrogen-bond donors (Lipinski definition) is 1. The minimum absolute atomic E-state index is 0.0624. The molecule has 5 nitrogen and oxygen atoms in total. The molecule has 0 atom stereocenters. The molecule has 0 aliphatic rings. The van der Waals surface area contributed by atoms with Crippen molar-refractivity contribution < 1.29 is 4.74 Å². The second-order valence-corrected chi connectivity index (χ2v) is 5.14. The summed E-state index contributed by atoms with van der Waals surface area (Å²) in [5.74, 6) is 0.850. The lowest BCUT2D eigenvalue weighted by atomic mass is 10.1. The first-order valence-corrected chi connectivity index (χ1v) is 7.66. The van der Waals surface area contributed by atoms with Crippen molar-refractivity contribution in [3.63, 3.8) is 0 Å². The van der Waals surface area contributed by atoms with Crippen molar-refractivity contribution in [2.75, 3.05) is 13.2 Å². The van der Waals surface area contributed by atoms with Crippen molar-refractivity contribution in [2.24, 2.45) is 7.05 Å². The summed E-state index contributed by atoms with van der Waals surface area (Å²) >= 11 is 0. The first kappa shape index (κ1) is 16.2. The Bertz CT molecular complexity index is 663. The van der Waals surface area contributed by atoms with E-state index in [-0.39, 0.29) is 5.56 Å². The summed E-state index contributed by atoms with van der Waals surface area (Å²) in [6.07, 6.45) is 0.984. The summed E-state index contributed by atoms with van der Waals surface area (Å²) < 4.78 is 6.97. The van der Waals surface area contributed by atoms with E-state index in [1.165, 1.54) is 4.68 Å². The molecule has 0 bridgehead atoms. The average Bonchev–Trinajstić information content (AvgIpc) is 2.54. The molecular weight excluding hydrogens is 278 g/mol. The van der Waals surface area contributed by atoms with E-state index in [1.807, 2.05) is 37.3 Å². The summed E-state index contributed by atoms with van der Waals surface area (Å²) in [7, 11) is 1.68. The van der Waals surface area contributed by atoms with Crippen LogP contribution in [0.1, 0.15) is 25.8 Å². The lowest BCUT2D eigenvalue weighted by Gasteiger charge is -2.09. The van der Waals surface area contributed by atoms with Crippen LogP contribution in [0.25, 0.3) is 11.3 Å². The molecule has 1 aromatic carbocycles. The molecular formula is C17H23N3O2. The maximum atomic E-state index is 12.1. The van der Waals surface area contributed by atoms with Crippen LogP contribution in [-0.2, 0) is 13.6 Å². The monoisotopic (exact) mass is 301 g/mol. The highest BCUT2D eigenvalue weighted by molar-refractivity contribution is 5.60. The van der Waals surface area contributed by atoms with Crippen molar-refractivity contribution in [2.45, 2.75) is 26.8 Å². The number of nitrogens with one attached hydrogen (secondary N) is 1. The third-order valence-electron chi connectivity index (χ3n) is 3.33. The van der Waals surface area contributed by atoms with Crippen molar-refractivity contribution in [3.8, 4) is 17.0 Å². The molecule has 1 aromatic heterocycles. The number of aryl methyl sites for hydroxylation is 1. The standard InChI is InChI=1S/C17H23N3O2/c1-4-10-22-15-8-6-13(7-9-15)16-11-14(12-18-5-2)17(21)20(3)19-16/h6-9,11,18H,4-5,10,12H2,1-3H3. The van der Waals surface area contributed by atoms with Crippen LogP contribution in [0.4, 0.5) is 0 Å². The van der Waals surface area contributed by atoms with Crippen LogP contribution in [0.15, 0.2) is 35.1 Å². The molecule has 22 heavy (non-hydrogen) atoms. The van der Waals surface area contributed by atoms with Crippen LogP contribution in [-0.4, -0.2) is 22.9 Å². The fraction of sp³-hybridized carbons (Fsp3) is 0.412. The number of hydrogen-bond acceptors (Lipinski definition) is 4. The van der Waals surface area contributed by atoms with Crippen LogP contribution in [0.3, 0.4) is 0 Å². The van der Waals surface area contributed by atoms with E-state index in [1.54, 1.807) is 7.05 Å². The van der Waals surface area contributed by atoms with Crippen molar-refractivity contribution in [1.82, 2.24) is 15.1 Å². The van der Waals surface area contributed by atoms with Crippen LogP contribution >= 0.6 is 0 Å². The van der Waals surface area contributed by atoms with Gasteiger partial charge in [-0.1, -0.05) is 13.8 Å². The highest BCUT2D eigenvalue weighted by Crippen LogP contribution is 2.20. The highest BCUT2D eigenvalue weighted by atomic mass is 16.5. The van der Waals surface area contributed by atoms with Crippen LogP contribution in [0.2, 0.25) is 0 Å². The Hall–Kier alpha value is -2.14. The van der Waals surface area contributed by atoms with E-state index in [2.05, 4.69) is 17.3 Å². The van der Waals surface area contributed by atoms with Gasteiger partial charge in [0.1, 0.15) is 5.75 Å². The predicted molar refractivity (Wildman–Crippen MR) is 88.1 cm³/mol. The molecule has 0 fully saturated rings. The topological polar surface area (TPSA) is 56.1 Å². The number of rotatable bonds is 7. The zero-order valence-electron chi connectivity index (χ0n) is 13.4. The normalized spacial score (nSPS) is 10.7. The van der Waals surface area contributed by atoms with E-state index >= 15 is 0 Å². The summed E-state index contributed by atoms with van der Waals surface area (Å²) in [6, 6.07) is 9.65. The van der Waals surface area contributed by atoms with Gasteiger partial charge in [-0.05, 0) is 43.3 Å². The Morgan fingerprint density at radius 3 is 2.59 bits per heavy atom. The van der Waals surface area contributed by atoms with Gasteiger partial charge in [-0.2, -0.15) is 5.10 Å². The molecule has 118 valence electrons. The smallest absolute Gasteiger partial charge is 0.271 e. The van der Waals surface area contributed by atoms with Crippen molar-refractivity contribution >= 4 is 0 Å². The number of benzene rings is 1. The molecule has 0 unspecified atom stereocenters. The van der Waals surface area contributed by atoms with Gasteiger partial charge in [0.15, 0.2) is 0 Å². The number of aromatic nitrogens is 2. The second-order valence-electron chi connectivity index (χ2n) is 5.14. The van der Waals surface area contributed by atoms with Gasteiger partial charge in [-0.15, -0.1) is 0 Å². The van der Waals surface area contributed by atoms with E-state index in [9.17, 15) is 4.79 Å². The maximum Gasteiger partial charge on any atom is 0.271 e. The van der Waals surface area contributed by atoms with Gasteiger partial charge in [0.2, 0.25) is 0 Å². The zero-order chi connectivity index (χ0) is 15.9. The fourth-order valence-electron chi connectivity index (χ4n) is 2.14. The van der Waals surface area contributed by atoms with E-state index < -0.39 is 0 Å². The Balaban J connectivity index is 2.27. The molecule has 2 rings (SSSR count). The summed E-state index contributed by atoms with van der Waals surface area (Å²) in [4.78, 5) is 12.1. The Kier molecular flexibility index (Phi) is 5.72. The first-order valence-electron chi connectivity index (χ1n) is 7.66. The quantitative estimate of drug-likeness (QED) is 0.853. The molecule has 2 aromatic rings. The molecule has 0 aliphatic heterocycles. The van der Waals surface area contributed by atoms with Gasteiger partial charge < -0.3 is 10.1 Å². The van der Waals surface area contributed by atoms with Crippen LogP contribution in [0, 0.1) is 0 Å². The van der Waals surface area contributed by atoms with Gasteiger partial charge in [0.25, 0.3) is 5.56 Å². The third-order valence-corrected chi connectivity index (χ3v) is 3.33. The summed E-state index contributed by atoms with van der Waals surface area (Å²) in [5.41, 5.74) is 2.42. The molecule has 0 spiro atoms. The molecule has 0 radical (unpaired) electrons. The molecule has 0 saturated heterocycles. The van der Waals surface area contributed by atoms with Gasteiger partial charge >= 0.3 is 0 Å². The van der Waals surface area contributed by atoms with Crippen LogP contribution in [0.5, 0.6) is 5.75 Å². The van der Waals surface area contributed by atoms with E-state index in [4.69, 9.17) is 4.74 Å². The summed E-state index contributed by atoms with van der Waals surface area (Å²) in [5, 5.41) is 7.52. The highest BCUT2D eigenvalue weighted by Gasteiger charge is 2.08. The molecule has 5 heteroatoms. The van der Waals surface area contributed by atoms with Gasteiger partial charge in [0.05, 0.1) is 12.3 Å². The fourth-order valence-corrected chi connectivity index (χ4v) is 2.14. The zero-order valence-corrected chi connectivity index (χ0v) is 13.4. The Morgan fingerprint density at radius 2 is 1.95 bits per heavy atom. The second kappa shape index (κ2) is 7.75. The predicted octanol–water partition coefficient (Wildman–Crippen LogP) is 2.35. The average molecular weight is 301 g/mol. The third kappa shape index (κ3) is 3.95. The van der Waals surface area contributed by atoms with Crippen LogP contribution < -0.4 is 15.6 Å². The van der Waals surface area contributed by atoms with Gasteiger partial charge in [-0.3, -0.25) is 4.79 Å². The summed E-state index contributed by atoms with van der Waals surface area (Å²) in [6.45, 7) is 6.18. The molecule has 0 saturated carbocycles. The lowest BCUT2D eigenvalue weighted by molar-refractivity contribution is 0.317. The lowest BCUT2D eigenvalue weighted by Crippen LogP contribution is -2.27. The molecule has 0 aliphatic carbocycles. The molecule has 1 N–H and O–H groups in total. The van der Waals surface area contributed by atoms with Gasteiger partial charge in [0, 0.05) is 24.7 Å². The Morgan fingerprint density at radius 1 is 1.23 bits per heavy atom. The molecule has 1 heterocycles. The van der Waals surface area contributed by atoms with Crippen molar-refractivity contribution in [3.05, 3.63) is 46.2 Å². The minimum Gasteiger partial charge on any atom is -0.494 e. The SMILES string of the molecule is CCCOc1ccc(-c2cc(CNCC)c(=O)n(C)n2)cc1. The van der Waals surface area contributed by atoms with E-state index in [0.717, 1.165) is 35.5 Å². The number of ether oxygens (including phenoxy) is 1.